The van der Waals surface area contributed by atoms with Crippen molar-refractivity contribution in [2.75, 3.05) is 13.7 Å². The van der Waals surface area contributed by atoms with E-state index in [-0.39, 0.29) is 18.8 Å². The molecule has 3 aromatic carbocycles. The summed E-state index contributed by atoms with van der Waals surface area (Å²) < 4.78 is 24.8. The number of methoxy groups -OCH3 is 1. The van der Waals surface area contributed by atoms with Crippen LogP contribution in [0.5, 0.6) is 5.75 Å². The van der Waals surface area contributed by atoms with Gasteiger partial charge < -0.3 is 19.4 Å². The number of fused-ring (bicyclic) bond motifs is 3. The number of hydroxylamine groups is 2. The zero-order valence-electron chi connectivity index (χ0n) is 17.8. The fraction of sp³-hybridized carbons (Fsp3) is 0.200. The van der Waals surface area contributed by atoms with E-state index in [9.17, 15) is 14.0 Å². The van der Waals surface area contributed by atoms with Crippen LogP contribution >= 0.6 is 0 Å². The highest BCUT2D eigenvalue weighted by Gasteiger charge is 2.36. The quantitative estimate of drug-likeness (QED) is 0.305. The lowest BCUT2D eigenvalue weighted by atomic mass is 10.1. The molecule has 1 atom stereocenters. The second-order valence-corrected chi connectivity index (χ2v) is 7.38. The van der Waals surface area contributed by atoms with Crippen LogP contribution in [0.3, 0.4) is 0 Å². The summed E-state index contributed by atoms with van der Waals surface area (Å²) >= 11 is 0. The van der Waals surface area contributed by atoms with Crippen molar-refractivity contribution in [3.63, 3.8) is 0 Å². The van der Waals surface area contributed by atoms with Crippen molar-refractivity contribution in [3.8, 4) is 16.9 Å². The number of nitrogens with zero attached hydrogens (tertiary/aromatic N) is 1. The van der Waals surface area contributed by atoms with Gasteiger partial charge in [0.25, 0.3) is 0 Å². The molecule has 0 radical (unpaired) electrons. The number of benzene rings is 3. The Morgan fingerprint density at radius 1 is 1.09 bits per heavy atom. The third kappa shape index (κ3) is 4.44. The number of hydrogen-bond acceptors (Lipinski definition) is 6. The molecule has 0 fully saturated rings. The number of carbonyl (C=O) groups is 2. The van der Waals surface area contributed by atoms with E-state index in [1.165, 1.54) is 19.2 Å². The van der Waals surface area contributed by atoms with E-state index < -0.39 is 24.1 Å². The Morgan fingerprint density at radius 2 is 1.73 bits per heavy atom. The largest absolute Gasteiger partial charge is 0.451 e. The van der Waals surface area contributed by atoms with Crippen LogP contribution in [-0.4, -0.2) is 42.6 Å². The minimum Gasteiger partial charge on any atom is -0.451 e. The summed E-state index contributed by atoms with van der Waals surface area (Å²) in [5.74, 6) is -1.97. The number of amides is 1. The van der Waals surface area contributed by atoms with Gasteiger partial charge in [0.05, 0.1) is 0 Å². The molecule has 1 aliphatic rings. The van der Waals surface area contributed by atoms with Crippen molar-refractivity contribution in [2.24, 2.45) is 0 Å². The summed E-state index contributed by atoms with van der Waals surface area (Å²) in [5.41, 5.74) is 4.05. The first-order valence-electron chi connectivity index (χ1n) is 10.3. The monoisotopic (exact) mass is 451 g/mol. The van der Waals surface area contributed by atoms with Crippen LogP contribution in [-0.2, 0) is 25.6 Å². The maximum absolute atomic E-state index is 14.4. The summed E-state index contributed by atoms with van der Waals surface area (Å²) in [4.78, 5) is 30.1. The number of carbonyl (C=O) groups excluding carboxylic acids is 2. The summed E-state index contributed by atoms with van der Waals surface area (Å²) in [6.07, 6.45) is -0.915. The van der Waals surface area contributed by atoms with Crippen LogP contribution < -0.4 is 4.74 Å². The van der Waals surface area contributed by atoms with E-state index in [2.05, 4.69) is 0 Å². The fourth-order valence-electron chi connectivity index (χ4n) is 3.92. The lowest BCUT2D eigenvalue weighted by molar-refractivity contribution is -0.218. The van der Waals surface area contributed by atoms with Crippen molar-refractivity contribution >= 4 is 12.4 Å². The van der Waals surface area contributed by atoms with Gasteiger partial charge in [0, 0.05) is 13.7 Å². The smallest absolute Gasteiger partial charge is 0.401 e. The van der Waals surface area contributed by atoms with Gasteiger partial charge in [0.1, 0.15) is 6.04 Å². The second kappa shape index (κ2) is 9.81. The highest BCUT2D eigenvalue weighted by atomic mass is 19.1. The van der Waals surface area contributed by atoms with Gasteiger partial charge in [-0.3, -0.25) is 4.79 Å². The molecule has 7 nitrogen and oxygen atoms in total. The number of ether oxygens (including phenoxy) is 2. The van der Waals surface area contributed by atoms with Crippen LogP contribution in [0, 0.1) is 5.82 Å². The Morgan fingerprint density at radius 3 is 2.27 bits per heavy atom. The van der Waals surface area contributed by atoms with Crippen molar-refractivity contribution in [2.45, 2.75) is 18.8 Å². The van der Waals surface area contributed by atoms with Crippen molar-refractivity contribution in [1.29, 1.82) is 0 Å². The second-order valence-electron chi connectivity index (χ2n) is 7.38. The van der Waals surface area contributed by atoms with Crippen molar-refractivity contribution in [3.05, 3.63) is 89.2 Å². The Labute approximate surface area is 189 Å². The SMILES string of the molecule is COC(Oc1ccc(CCO)cc1F)C(=O)ON(C=O)C1c2ccccc2-c2ccccc21. The molecular weight excluding hydrogens is 429 g/mol. The molecule has 0 spiro atoms. The van der Waals surface area contributed by atoms with Gasteiger partial charge in [-0.15, -0.1) is 0 Å². The molecule has 0 saturated carbocycles. The zero-order valence-corrected chi connectivity index (χ0v) is 17.8. The van der Waals surface area contributed by atoms with Crippen molar-refractivity contribution < 1.29 is 33.4 Å². The first-order chi connectivity index (χ1) is 16.1. The van der Waals surface area contributed by atoms with E-state index in [1.54, 1.807) is 6.07 Å². The van der Waals surface area contributed by atoms with Gasteiger partial charge in [0.2, 0.25) is 6.41 Å². The predicted octanol–water partition coefficient (Wildman–Crippen LogP) is 3.40. The molecule has 8 heteroatoms. The molecule has 3 aromatic rings. The standard InChI is InChI=1S/C25H22FNO6/c1-31-25(32-22-11-10-16(12-13-28)14-21(22)26)24(30)33-27(15-29)23-19-8-4-2-6-17(19)18-7-3-5-9-20(18)23/h2-11,14-15,23,25,28H,12-13H2,1H3. The topological polar surface area (TPSA) is 85.3 Å². The third-order valence-electron chi connectivity index (χ3n) is 5.39. The third-order valence-corrected chi connectivity index (χ3v) is 5.39. The first-order valence-corrected chi connectivity index (χ1v) is 10.3. The summed E-state index contributed by atoms with van der Waals surface area (Å²) in [6, 6.07) is 18.5. The van der Waals surface area contributed by atoms with Crippen LogP contribution in [0.4, 0.5) is 4.39 Å². The zero-order chi connectivity index (χ0) is 23.4. The van der Waals surface area contributed by atoms with Gasteiger partial charge in [-0.2, -0.15) is 5.06 Å². The molecule has 33 heavy (non-hydrogen) atoms. The normalized spacial score (nSPS) is 13.1. The maximum Gasteiger partial charge on any atom is 0.401 e. The van der Waals surface area contributed by atoms with Crippen LogP contribution in [0.25, 0.3) is 11.1 Å². The number of halogens is 1. The average Bonchev–Trinajstić information content (AvgIpc) is 3.16. The Kier molecular flexibility index (Phi) is 6.67. The maximum atomic E-state index is 14.4. The molecule has 0 heterocycles. The Hall–Kier alpha value is -3.75. The Bertz CT molecular complexity index is 1120. The van der Waals surface area contributed by atoms with Gasteiger partial charge >= 0.3 is 12.3 Å². The summed E-state index contributed by atoms with van der Waals surface area (Å²) in [5, 5.41) is 9.89. The van der Waals surface area contributed by atoms with Gasteiger partial charge in [-0.1, -0.05) is 54.6 Å². The molecule has 1 N–H and O–H groups in total. The van der Waals surface area contributed by atoms with Gasteiger partial charge in [0.15, 0.2) is 11.6 Å². The summed E-state index contributed by atoms with van der Waals surface area (Å²) in [7, 11) is 1.20. The van der Waals surface area contributed by atoms with E-state index in [1.807, 2.05) is 48.5 Å². The molecule has 0 aromatic heterocycles. The van der Waals surface area contributed by atoms with Gasteiger partial charge in [-0.05, 0) is 46.4 Å². The van der Waals surface area contributed by atoms with Crippen LogP contribution in [0.15, 0.2) is 66.7 Å². The molecule has 0 saturated heterocycles. The molecule has 170 valence electrons. The van der Waals surface area contributed by atoms with E-state index in [4.69, 9.17) is 19.4 Å². The highest BCUT2D eigenvalue weighted by Crippen LogP contribution is 2.45. The van der Waals surface area contributed by atoms with Gasteiger partial charge in [-0.25, -0.2) is 9.18 Å². The molecule has 1 amide bonds. The van der Waals surface area contributed by atoms with E-state index in [0.717, 1.165) is 27.3 Å². The number of hydrogen-bond donors (Lipinski definition) is 1. The molecule has 0 bridgehead atoms. The fourth-order valence-corrected chi connectivity index (χ4v) is 3.92. The first kappa shape index (κ1) is 22.4. The number of aliphatic hydroxyl groups excluding tert-OH is 1. The molecular formula is C25H22FNO6. The lowest BCUT2D eigenvalue weighted by Crippen LogP contribution is -2.38. The Balaban J connectivity index is 1.55. The molecule has 1 aliphatic carbocycles. The molecule has 0 aliphatic heterocycles. The minimum atomic E-state index is -1.61. The molecule has 1 unspecified atom stereocenters. The lowest BCUT2D eigenvalue weighted by Gasteiger charge is -2.26. The number of rotatable bonds is 9. The van der Waals surface area contributed by atoms with E-state index >= 15 is 0 Å². The average molecular weight is 451 g/mol. The van der Waals surface area contributed by atoms with Crippen molar-refractivity contribution in [1.82, 2.24) is 5.06 Å². The van der Waals surface area contributed by atoms with E-state index in [0.29, 0.717) is 12.0 Å². The molecule has 4 rings (SSSR count). The van der Waals surface area contributed by atoms with Crippen LogP contribution in [0.1, 0.15) is 22.7 Å². The summed E-state index contributed by atoms with van der Waals surface area (Å²) in [6.45, 7) is -0.123. The predicted molar refractivity (Wildman–Crippen MR) is 116 cm³/mol. The number of aliphatic hydroxyl groups is 1. The van der Waals surface area contributed by atoms with Crippen LogP contribution in [0.2, 0.25) is 0 Å². The minimum absolute atomic E-state index is 0.123. The highest BCUT2D eigenvalue weighted by molar-refractivity contribution is 5.80.